The Morgan fingerprint density at radius 1 is 1.14 bits per heavy atom. The molecule has 0 radical (unpaired) electrons. The molecular weight excluding hydrogens is 338 g/mol. The summed E-state index contributed by atoms with van der Waals surface area (Å²) in [6.07, 6.45) is 0.679. The number of hydrogen-bond acceptors (Lipinski definition) is 4. The molecule has 108 valence electrons. The first-order valence-electron chi connectivity index (χ1n) is 6.10. The lowest BCUT2D eigenvalue weighted by Gasteiger charge is -2.11. The van der Waals surface area contributed by atoms with Gasteiger partial charge in [-0.3, -0.25) is 14.9 Å². The SMILES string of the molecule is Cc1cc(C)c([N+](=O)[O-])cc1Oc1ccc(Br)cc1C=O. The second kappa shape index (κ2) is 6.05. The molecule has 0 bridgehead atoms. The van der Waals surface area contributed by atoms with E-state index < -0.39 is 4.92 Å². The van der Waals surface area contributed by atoms with E-state index in [0.717, 1.165) is 10.0 Å². The van der Waals surface area contributed by atoms with Gasteiger partial charge in [-0.05, 0) is 43.7 Å². The fourth-order valence-corrected chi connectivity index (χ4v) is 2.33. The number of aldehydes is 1. The zero-order valence-electron chi connectivity index (χ0n) is 11.4. The van der Waals surface area contributed by atoms with Gasteiger partial charge in [-0.2, -0.15) is 0 Å². The van der Waals surface area contributed by atoms with Crippen LogP contribution in [0.25, 0.3) is 0 Å². The fraction of sp³-hybridized carbons (Fsp3) is 0.133. The van der Waals surface area contributed by atoms with E-state index in [1.54, 1.807) is 38.1 Å². The average molecular weight is 350 g/mol. The van der Waals surface area contributed by atoms with Crippen LogP contribution in [0.1, 0.15) is 21.5 Å². The summed E-state index contributed by atoms with van der Waals surface area (Å²) in [5, 5.41) is 11.0. The van der Waals surface area contributed by atoms with Crippen LogP contribution in [-0.2, 0) is 0 Å². The Morgan fingerprint density at radius 2 is 1.86 bits per heavy atom. The van der Waals surface area contributed by atoms with E-state index in [2.05, 4.69) is 15.9 Å². The number of carbonyl (C=O) groups is 1. The molecule has 0 unspecified atom stereocenters. The average Bonchev–Trinajstić information content (AvgIpc) is 2.42. The summed E-state index contributed by atoms with van der Waals surface area (Å²) in [7, 11) is 0. The number of halogens is 1. The van der Waals surface area contributed by atoms with E-state index in [-0.39, 0.29) is 5.69 Å². The van der Waals surface area contributed by atoms with Crippen molar-refractivity contribution in [2.24, 2.45) is 0 Å². The predicted molar refractivity (Wildman–Crippen MR) is 82.2 cm³/mol. The summed E-state index contributed by atoms with van der Waals surface area (Å²) >= 11 is 3.27. The number of nitro groups is 1. The van der Waals surface area contributed by atoms with Crippen LogP contribution in [0.15, 0.2) is 34.8 Å². The minimum atomic E-state index is -0.455. The van der Waals surface area contributed by atoms with Crippen LogP contribution in [0.3, 0.4) is 0 Å². The maximum absolute atomic E-state index is 11.1. The summed E-state index contributed by atoms with van der Waals surface area (Å²) in [4.78, 5) is 21.6. The minimum Gasteiger partial charge on any atom is -0.456 e. The third-order valence-corrected chi connectivity index (χ3v) is 3.50. The van der Waals surface area contributed by atoms with Gasteiger partial charge in [0, 0.05) is 10.0 Å². The van der Waals surface area contributed by atoms with Crippen molar-refractivity contribution >= 4 is 27.9 Å². The van der Waals surface area contributed by atoms with Gasteiger partial charge in [-0.1, -0.05) is 15.9 Å². The number of hydrogen-bond donors (Lipinski definition) is 0. The Morgan fingerprint density at radius 3 is 2.48 bits per heavy atom. The lowest BCUT2D eigenvalue weighted by atomic mass is 10.1. The second-order valence-electron chi connectivity index (χ2n) is 4.56. The van der Waals surface area contributed by atoms with Crippen molar-refractivity contribution in [3.05, 3.63) is 61.6 Å². The van der Waals surface area contributed by atoms with Crippen molar-refractivity contribution in [1.29, 1.82) is 0 Å². The molecule has 0 aromatic heterocycles. The first-order chi connectivity index (χ1) is 9.92. The smallest absolute Gasteiger partial charge is 0.276 e. The molecular formula is C15H12BrNO4. The van der Waals surface area contributed by atoms with Gasteiger partial charge >= 0.3 is 0 Å². The Balaban J connectivity index is 2.47. The molecule has 0 N–H and O–H groups in total. The quantitative estimate of drug-likeness (QED) is 0.460. The van der Waals surface area contributed by atoms with Crippen molar-refractivity contribution in [2.45, 2.75) is 13.8 Å². The van der Waals surface area contributed by atoms with E-state index in [1.165, 1.54) is 6.07 Å². The number of benzene rings is 2. The van der Waals surface area contributed by atoms with E-state index in [0.29, 0.717) is 28.9 Å². The van der Waals surface area contributed by atoms with Crippen LogP contribution in [0.5, 0.6) is 11.5 Å². The van der Waals surface area contributed by atoms with E-state index in [1.807, 2.05) is 0 Å². The van der Waals surface area contributed by atoms with Gasteiger partial charge in [0.2, 0.25) is 0 Å². The van der Waals surface area contributed by atoms with Gasteiger partial charge in [0.1, 0.15) is 11.5 Å². The van der Waals surface area contributed by atoms with Crippen molar-refractivity contribution in [3.8, 4) is 11.5 Å². The largest absolute Gasteiger partial charge is 0.456 e. The van der Waals surface area contributed by atoms with Crippen LogP contribution in [-0.4, -0.2) is 11.2 Å². The number of aryl methyl sites for hydroxylation is 2. The molecule has 21 heavy (non-hydrogen) atoms. The number of rotatable bonds is 4. The zero-order valence-corrected chi connectivity index (χ0v) is 13.0. The second-order valence-corrected chi connectivity index (χ2v) is 5.48. The molecule has 0 heterocycles. The number of carbonyl (C=O) groups excluding carboxylic acids is 1. The first-order valence-corrected chi connectivity index (χ1v) is 6.90. The van der Waals surface area contributed by atoms with Gasteiger partial charge in [0.15, 0.2) is 6.29 Å². The Bertz CT molecular complexity index is 728. The lowest BCUT2D eigenvalue weighted by Crippen LogP contribution is -1.97. The van der Waals surface area contributed by atoms with Crippen LogP contribution in [0.2, 0.25) is 0 Å². The van der Waals surface area contributed by atoms with Crippen molar-refractivity contribution in [3.63, 3.8) is 0 Å². The molecule has 0 aliphatic heterocycles. The standard InChI is InChI=1S/C15H12BrNO4/c1-9-5-10(2)15(7-13(9)17(19)20)21-14-4-3-12(16)6-11(14)8-18/h3-8H,1-2H3. The van der Waals surface area contributed by atoms with Crippen molar-refractivity contribution < 1.29 is 14.5 Å². The monoisotopic (exact) mass is 349 g/mol. The third kappa shape index (κ3) is 3.28. The first kappa shape index (κ1) is 15.2. The van der Waals surface area contributed by atoms with E-state index >= 15 is 0 Å². The molecule has 2 rings (SSSR count). The zero-order chi connectivity index (χ0) is 15.6. The van der Waals surface area contributed by atoms with Gasteiger partial charge in [-0.25, -0.2) is 0 Å². The van der Waals surface area contributed by atoms with E-state index in [9.17, 15) is 14.9 Å². The summed E-state index contributed by atoms with van der Waals surface area (Å²) in [6, 6.07) is 8.06. The molecule has 0 saturated heterocycles. The molecule has 0 saturated carbocycles. The lowest BCUT2D eigenvalue weighted by molar-refractivity contribution is -0.385. The summed E-state index contributed by atoms with van der Waals surface area (Å²) in [5.41, 5.74) is 1.68. The van der Waals surface area contributed by atoms with Gasteiger partial charge in [0.05, 0.1) is 16.6 Å². The van der Waals surface area contributed by atoms with Crippen LogP contribution >= 0.6 is 15.9 Å². The molecule has 5 nitrogen and oxygen atoms in total. The highest BCUT2D eigenvalue weighted by molar-refractivity contribution is 9.10. The number of ether oxygens (including phenoxy) is 1. The highest BCUT2D eigenvalue weighted by Gasteiger charge is 2.16. The van der Waals surface area contributed by atoms with Crippen LogP contribution < -0.4 is 4.74 Å². The summed E-state index contributed by atoms with van der Waals surface area (Å²) < 4.78 is 6.43. The number of nitrogens with zero attached hydrogens (tertiary/aromatic N) is 1. The molecule has 2 aromatic rings. The summed E-state index contributed by atoms with van der Waals surface area (Å²) in [6.45, 7) is 3.47. The summed E-state index contributed by atoms with van der Waals surface area (Å²) in [5.74, 6) is 0.715. The molecule has 6 heteroatoms. The number of nitro benzene ring substituents is 1. The molecule has 0 aliphatic carbocycles. The van der Waals surface area contributed by atoms with E-state index in [4.69, 9.17) is 4.74 Å². The van der Waals surface area contributed by atoms with Gasteiger partial charge in [-0.15, -0.1) is 0 Å². The third-order valence-electron chi connectivity index (χ3n) is 3.01. The molecule has 0 fully saturated rings. The van der Waals surface area contributed by atoms with Crippen molar-refractivity contribution in [2.75, 3.05) is 0 Å². The topological polar surface area (TPSA) is 69.4 Å². The van der Waals surface area contributed by atoms with Crippen LogP contribution in [0, 0.1) is 24.0 Å². The highest BCUT2D eigenvalue weighted by Crippen LogP contribution is 2.33. The normalized spacial score (nSPS) is 10.2. The van der Waals surface area contributed by atoms with Crippen LogP contribution in [0.4, 0.5) is 5.69 Å². The molecule has 2 aromatic carbocycles. The maximum atomic E-state index is 11.1. The minimum absolute atomic E-state index is 0.0136. The fourth-order valence-electron chi connectivity index (χ4n) is 1.95. The molecule has 0 amide bonds. The maximum Gasteiger partial charge on any atom is 0.276 e. The molecule has 0 atom stereocenters. The van der Waals surface area contributed by atoms with Crippen molar-refractivity contribution in [1.82, 2.24) is 0 Å². The Kier molecular flexibility index (Phi) is 4.37. The molecule has 0 spiro atoms. The van der Waals surface area contributed by atoms with Gasteiger partial charge < -0.3 is 4.74 Å². The Hall–Kier alpha value is -2.21. The van der Waals surface area contributed by atoms with Gasteiger partial charge in [0.25, 0.3) is 5.69 Å². The highest BCUT2D eigenvalue weighted by atomic mass is 79.9. The predicted octanol–water partition coefficient (Wildman–Crippen LogP) is 4.58. The molecule has 0 aliphatic rings. The Labute approximate surface area is 129 Å².